The number of rotatable bonds is 3. The van der Waals surface area contributed by atoms with Crippen molar-refractivity contribution in [1.29, 1.82) is 0 Å². The molecular weight excluding hydrogens is 311 g/mol. The van der Waals surface area contributed by atoms with Gasteiger partial charge in [-0.3, -0.25) is 5.84 Å². The molecule has 1 unspecified atom stereocenters. The fourth-order valence-electron chi connectivity index (χ4n) is 2.37. The smallest absolute Gasteiger partial charge is 0.161 e. The Balaban J connectivity index is 2.04. The minimum absolute atomic E-state index is 0.331. The van der Waals surface area contributed by atoms with Gasteiger partial charge >= 0.3 is 0 Å². The maximum Gasteiger partial charge on any atom is 0.161 e. The fraction of sp³-hybridized carbons (Fsp3) is 0.200. The van der Waals surface area contributed by atoms with Gasteiger partial charge in [-0.1, -0.05) is 35.3 Å². The van der Waals surface area contributed by atoms with E-state index in [4.69, 9.17) is 38.5 Å². The molecule has 0 aromatic heterocycles. The van der Waals surface area contributed by atoms with Crippen molar-refractivity contribution in [2.75, 3.05) is 13.2 Å². The largest absolute Gasteiger partial charge is 0.486 e. The van der Waals surface area contributed by atoms with Crippen LogP contribution in [0.5, 0.6) is 11.5 Å². The van der Waals surface area contributed by atoms with Crippen LogP contribution in [0.2, 0.25) is 10.0 Å². The first-order chi connectivity index (χ1) is 10.2. The zero-order chi connectivity index (χ0) is 14.8. The first kappa shape index (κ1) is 14.5. The van der Waals surface area contributed by atoms with Gasteiger partial charge in [-0.25, -0.2) is 5.43 Å². The Morgan fingerprint density at radius 1 is 1.00 bits per heavy atom. The van der Waals surface area contributed by atoms with Crippen molar-refractivity contribution in [3.8, 4) is 11.5 Å². The van der Waals surface area contributed by atoms with Gasteiger partial charge in [-0.05, 0) is 29.8 Å². The molecule has 2 aromatic rings. The van der Waals surface area contributed by atoms with Crippen molar-refractivity contribution in [2.24, 2.45) is 5.84 Å². The first-order valence-corrected chi connectivity index (χ1v) is 7.26. The third-order valence-electron chi connectivity index (χ3n) is 3.35. The second kappa shape index (κ2) is 6.12. The Kier molecular flexibility index (Phi) is 4.22. The van der Waals surface area contributed by atoms with Gasteiger partial charge < -0.3 is 9.47 Å². The summed E-state index contributed by atoms with van der Waals surface area (Å²) < 4.78 is 11.1. The Morgan fingerprint density at radius 2 is 1.67 bits per heavy atom. The molecular formula is C15H14Cl2N2O2. The molecule has 1 aliphatic rings. The molecule has 1 atom stereocenters. The summed E-state index contributed by atoms with van der Waals surface area (Å²) in [4.78, 5) is 0. The van der Waals surface area contributed by atoms with Gasteiger partial charge in [0, 0.05) is 15.6 Å². The van der Waals surface area contributed by atoms with Gasteiger partial charge in [0.1, 0.15) is 13.2 Å². The van der Waals surface area contributed by atoms with E-state index in [0.29, 0.717) is 29.0 Å². The zero-order valence-corrected chi connectivity index (χ0v) is 12.6. The SMILES string of the molecule is NNC(c1ccc2c(c1)OCCO2)c1c(Cl)cccc1Cl. The number of hydrogen-bond acceptors (Lipinski definition) is 4. The number of nitrogens with two attached hydrogens (primary N) is 1. The molecule has 4 nitrogen and oxygen atoms in total. The van der Waals surface area contributed by atoms with Crippen molar-refractivity contribution >= 4 is 23.2 Å². The fourth-order valence-corrected chi connectivity index (χ4v) is 2.99. The topological polar surface area (TPSA) is 56.5 Å². The molecule has 6 heteroatoms. The number of hydrogen-bond donors (Lipinski definition) is 2. The van der Waals surface area contributed by atoms with E-state index in [0.717, 1.165) is 16.9 Å². The van der Waals surface area contributed by atoms with Crippen LogP contribution in [0.4, 0.5) is 0 Å². The Hall–Kier alpha value is -1.46. The second-order valence-corrected chi connectivity index (χ2v) is 5.45. The lowest BCUT2D eigenvalue weighted by Gasteiger charge is -2.23. The van der Waals surface area contributed by atoms with Crippen molar-refractivity contribution in [2.45, 2.75) is 6.04 Å². The molecule has 1 aliphatic heterocycles. The average molecular weight is 325 g/mol. The van der Waals surface area contributed by atoms with E-state index in [1.54, 1.807) is 18.2 Å². The van der Waals surface area contributed by atoms with Crippen molar-refractivity contribution in [1.82, 2.24) is 5.43 Å². The maximum atomic E-state index is 6.26. The van der Waals surface area contributed by atoms with Crippen LogP contribution < -0.4 is 20.7 Å². The molecule has 21 heavy (non-hydrogen) atoms. The zero-order valence-electron chi connectivity index (χ0n) is 11.1. The minimum Gasteiger partial charge on any atom is -0.486 e. The standard InChI is InChI=1S/C15H14Cl2N2O2/c16-10-2-1-3-11(17)14(10)15(19-18)9-4-5-12-13(8-9)21-7-6-20-12/h1-5,8,15,19H,6-7,18H2. The number of nitrogens with one attached hydrogen (secondary N) is 1. The van der Waals surface area contributed by atoms with E-state index in [2.05, 4.69) is 5.43 Å². The molecule has 0 saturated heterocycles. The van der Waals surface area contributed by atoms with E-state index in [1.165, 1.54) is 0 Å². The monoisotopic (exact) mass is 324 g/mol. The molecule has 1 heterocycles. The van der Waals surface area contributed by atoms with Gasteiger partial charge in [0.05, 0.1) is 6.04 Å². The second-order valence-electron chi connectivity index (χ2n) is 4.64. The summed E-state index contributed by atoms with van der Waals surface area (Å²) in [5, 5.41) is 1.11. The van der Waals surface area contributed by atoms with Gasteiger partial charge in [0.15, 0.2) is 11.5 Å². The molecule has 0 saturated carbocycles. The summed E-state index contributed by atoms with van der Waals surface area (Å²) in [6.45, 7) is 1.09. The number of ether oxygens (including phenoxy) is 2. The third kappa shape index (κ3) is 2.80. The highest BCUT2D eigenvalue weighted by atomic mass is 35.5. The molecule has 0 radical (unpaired) electrons. The van der Waals surface area contributed by atoms with E-state index in [9.17, 15) is 0 Å². The summed E-state index contributed by atoms with van der Waals surface area (Å²) in [5.41, 5.74) is 4.39. The summed E-state index contributed by atoms with van der Waals surface area (Å²) in [6, 6.07) is 10.7. The third-order valence-corrected chi connectivity index (χ3v) is 4.01. The van der Waals surface area contributed by atoms with Crippen LogP contribution in [0.1, 0.15) is 17.2 Å². The lowest BCUT2D eigenvalue weighted by molar-refractivity contribution is 0.171. The number of fused-ring (bicyclic) bond motifs is 1. The molecule has 0 bridgehead atoms. The van der Waals surface area contributed by atoms with E-state index < -0.39 is 0 Å². The lowest BCUT2D eigenvalue weighted by Crippen LogP contribution is -2.29. The molecule has 0 fully saturated rings. The summed E-state index contributed by atoms with van der Waals surface area (Å²) >= 11 is 12.5. The van der Waals surface area contributed by atoms with Crippen LogP contribution in [0.3, 0.4) is 0 Å². The van der Waals surface area contributed by atoms with Gasteiger partial charge in [-0.2, -0.15) is 0 Å². The van der Waals surface area contributed by atoms with Crippen molar-refractivity contribution in [3.05, 3.63) is 57.6 Å². The summed E-state index contributed by atoms with van der Waals surface area (Å²) in [5.74, 6) is 7.14. The van der Waals surface area contributed by atoms with E-state index >= 15 is 0 Å². The molecule has 0 spiro atoms. The van der Waals surface area contributed by atoms with Gasteiger partial charge in [0.25, 0.3) is 0 Å². The highest BCUT2D eigenvalue weighted by Gasteiger charge is 2.21. The van der Waals surface area contributed by atoms with Gasteiger partial charge in [0.2, 0.25) is 0 Å². The molecule has 3 rings (SSSR count). The lowest BCUT2D eigenvalue weighted by atomic mass is 9.98. The maximum absolute atomic E-state index is 6.26. The number of hydrazine groups is 1. The number of halogens is 2. The highest BCUT2D eigenvalue weighted by Crippen LogP contribution is 2.38. The molecule has 110 valence electrons. The van der Waals surface area contributed by atoms with Crippen LogP contribution in [0.15, 0.2) is 36.4 Å². The average Bonchev–Trinajstić information content (AvgIpc) is 2.50. The van der Waals surface area contributed by atoms with Crippen LogP contribution >= 0.6 is 23.2 Å². The quantitative estimate of drug-likeness (QED) is 0.671. The Bertz CT molecular complexity index is 644. The van der Waals surface area contributed by atoms with Gasteiger partial charge in [-0.15, -0.1) is 0 Å². The Morgan fingerprint density at radius 3 is 2.33 bits per heavy atom. The van der Waals surface area contributed by atoms with Crippen molar-refractivity contribution in [3.63, 3.8) is 0 Å². The molecule has 0 aliphatic carbocycles. The molecule has 3 N–H and O–H groups in total. The van der Waals surface area contributed by atoms with E-state index in [1.807, 2.05) is 18.2 Å². The summed E-state index contributed by atoms with van der Waals surface area (Å²) in [7, 11) is 0. The minimum atomic E-state index is -0.331. The normalized spacial score (nSPS) is 14.8. The Labute approximate surface area is 132 Å². The van der Waals surface area contributed by atoms with Crippen LogP contribution in [0, 0.1) is 0 Å². The molecule has 2 aromatic carbocycles. The number of benzene rings is 2. The van der Waals surface area contributed by atoms with Crippen LogP contribution in [-0.4, -0.2) is 13.2 Å². The first-order valence-electron chi connectivity index (χ1n) is 6.50. The highest BCUT2D eigenvalue weighted by molar-refractivity contribution is 6.36. The molecule has 0 amide bonds. The van der Waals surface area contributed by atoms with E-state index in [-0.39, 0.29) is 6.04 Å². The summed E-state index contributed by atoms with van der Waals surface area (Å²) in [6.07, 6.45) is 0. The predicted molar refractivity (Wildman–Crippen MR) is 83.1 cm³/mol. The predicted octanol–water partition coefficient (Wildman–Crippen LogP) is 3.32. The van der Waals surface area contributed by atoms with Crippen LogP contribution in [-0.2, 0) is 0 Å². The van der Waals surface area contributed by atoms with Crippen LogP contribution in [0.25, 0.3) is 0 Å². The van der Waals surface area contributed by atoms with Crippen molar-refractivity contribution < 1.29 is 9.47 Å².